The molecule has 3 rings (SSSR count). The van der Waals surface area contributed by atoms with Gasteiger partial charge >= 0.3 is 5.69 Å². The van der Waals surface area contributed by atoms with Crippen molar-refractivity contribution in [3.8, 4) is 0 Å². The molecule has 0 saturated heterocycles. The van der Waals surface area contributed by atoms with Crippen LogP contribution in [0.3, 0.4) is 0 Å². The van der Waals surface area contributed by atoms with Gasteiger partial charge in [0.25, 0.3) is 5.56 Å². The van der Waals surface area contributed by atoms with Gasteiger partial charge in [0.2, 0.25) is 5.91 Å². The molecule has 0 atom stereocenters. The van der Waals surface area contributed by atoms with E-state index in [0.29, 0.717) is 21.5 Å². The molecule has 0 bridgehead atoms. The Kier molecular flexibility index (Phi) is 5.27. The van der Waals surface area contributed by atoms with Crippen molar-refractivity contribution in [2.75, 3.05) is 5.32 Å². The minimum absolute atomic E-state index is 0.108. The molecule has 0 spiro atoms. The summed E-state index contributed by atoms with van der Waals surface area (Å²) in [5.74, 6) is -0.700. The van der Waals surface area contributed by atoms with Gasteiger partial charge in [-0.15, -0.1) is 11.3 Å². The Balaban J connectivity index is 1.98. The lowest BCUT2D eigenvalue weighted by Crippen LogP contribution is -2.42. The van der Waals surface area contributed by atoms with Gasteiger partial charge in [-0.3, -0.25) is 18.7 Å². The van der Waals surface area contributed by atoms with Crippen LogP contribution in [-0.4, -0.2) is 15.0 Å². The summed E-state index contributed by atoms with van der Waals surface area (Å²) in [4.78, 5) is 37.9. The second kappa shape index (κ2) is 7.48. The van der Waals surface area contributed by atoms with Crippen LogP contribution in [0.25, 0.3) is 10.2 Å². The van der Waals surface area contributed by atoms with Gasteiger partial charge in [0.05, 0.1) is 5.52 Å². The second-order valence-corrected chi connectivity index (χ2v) is 7.74. The van der Waals surface area contributed by atoms with Gasteiger partial charge in [-0.25, -0.2) is 9.18 Å². The highest BCUT2D eigenvalue weighted by Gasteiger charge is 2.17. The number of carbonyl (C=O) groups is 1. The molecule has 1 N–H and O–H groups in total. The first-order chi connectivity index (χ1) is 12.8. The molecule has 27 heavy (non-hydrogen) atoms. The monoisotopic (exact) mass is 389 g/mol. The number of benzene rings is 1. The first-order valence-electron chi connectivity index (χ1n) is 8.54. The number of hydrogen-bond acceptors (Lipinski definition) is 4. The lowest BCUT2D eigenvalue weighted by molar-refractivity contribution is -0.116. The first-order valence-corrected chi connectivity index (χ1v) is 9.42. The van der Waals surface area contributed by atoms with Crippen LogP contribution >= 0.6 is 11.3 Å². The Hall–Kier alpha value is -2.74. The zero-order valence-corrected chi connectivity index (χ0v) is 16.1. The van der Waals surface area contributed by atoms with Gasteiger partial charge < -0.3 is 5.32 Å². The Bertz CT molecular complexity index is 1130. The molecule has 0 aliphatic carbocycles. The lowest BCUT2D eigenvalue weighted by Gasteiger charge is -2.14. The number of thiophene rings is 1. The highest BCUT2D eigenvalue weighted by Crippen LogP contribution is 2.17. The molecule has 1 amide bonds. The normalized spacial score (nSPS) is 11.3. The highest BCUT2D eigenvalue weighted by atomic mass is 32.1. The first kappa shape index (κ1) is 19.0. The van der Waals surface area contributed by atoms with Crippen molar-refractivity contribution in [2.24, 2.45) is 5.92 Å². The van der Waals surface area contributed by atoms with Gasteiger partial charge in [0.15, 0.2) is 0 Å². The van der Waals surface area contributed by atoms with E-state index in [0.717, 1.165) is 0 Å². The van der Waals surface area contributed by atoms with Gasteiger partial charge in [0, 0.05) is 12.2 Å². The van der Waals surface area contributed by atoms with Crippen molar-refractivity contribution in [3.05, 3.63) is 61.9 Å². The van der Waals surface area contributed by atoms with E-state index in [9.17, 15) is 18.8 Å². The zero-order valence-electron chi connectivity index (χ0n) is 15.3. The van der Waals surface area contributed by atoms with Crippen LogP contribution in [0.4, 0.5) is 10.1 Å². The van der Waals surface area contributed by atoms with Crippen LogP contribution in [0.15, 0.2) is 39.2 Å². The number of aromatic nitrogens is 2. The van der Waals surface area contributed by atoms with Crippen molar-refractivity contribution in [3.63, 3.8) is 0 Å². The van der Waals surface area contributed by atoms with Crippen LogP contribution in [-0.2, 0) is 17.9 Å². The largest absolute Gasteiger partial charge is 0.332 e. The van der Waals surface area contributed by atoms with Crippen molar-refractivity contribution < 1.29 is 9.18 Å². The molecule has 0 saturated carbocycles. The molecular weight excluding hydrogens is 369 g/mol. The summed E-state index contributed by atoms with van der Waals surface area (Å²) in [5.41, 5.74) is 0.670. The maximum Gasteiger partial charge on any atom is 0.332 e. The van der Waals surface area contributed by atoms with Crippen LogP contribution in [0.5, 0.6) is 0 Å². The third-order valence-electron chi connectivity index (χ3n) is 4.15. The Morgan fingerprint density at radius 1 is 1.22 bits per heavy atom. The molecule has 0 fully saturated rings. The third-order valence-corrected chi connectivity index (χ3v) is 5.04. The number of nitrogens with zero attached hydrogens (tertiary/aromatic N) is 2. The topological polar surface area (TPSA) is 73.1 Å². The molecule has 8 heteroatoms. The van der Waals surface area contributed by atoms with E-state index in [1.807, 2.05) is 13.8 Å². The number of aryl methyl sites for hydroxylation is 1. The average molecular weight is 389 g/mol. The van der Waals surface area contributed by atoms with Gasteiger partial charge in [0.1, 0.15) is 17.1 Å². The van der Waals surface area contributed by atoms with Crippen molar-refractivity contribution in [1.82, 2.24) is 9.13 Å². The molecule has 3 aromatic rings. The number of hydrogen-bond donors (Lipinski definition) is 1. The molecule has 0 unspecified atom stereocenters. The quantitative estimate of drug-likeness (QED) is 0.729. The molecule has 0 radical (unpaired) electrons. The van der Waals surface area contributed by atoms with E-state index in [-0.39, 0.29) is 30.4 Å². The van der Waals surface area contributed by atoms with Gasteiger partial charge in [-0.1, -0.05) is 13.8 Å². The molecule has 2 aromatic heterocycles. The van der Waals surface area contributed by atoms with Gasteiger partial charge in [-0.05, 0) is 48.1 Å². The van der Waals surface area contributed by atoms with E-state index in [1.54, 1.807) is 18.4 Å². The van der Waals surface area contributed by atoms with Gasteiger partial charge in [-0.2, -0.15) is 0 Å². The summed E-state index contributed by atoms with van der Waals surface area (Å²) in [6.45, 7) is 5.56. The highest BCUT2D eigenvalue weighted by molar-refractivity contribution is 7.17. The molecular formula is C19H20FN3O3S. The van der Waals surface area contributed by atoms with E-state index in [4.69, 9.17) is 0 Å². The number of anilines is 1. The minimum Gasteiger partial charge on any atom is -0.324 e. The average Bonchev–Trinajstić information content (AvgIpc) is 3.07. The summed E-state index contributed by atoms with van der Waals surface area (Å²) >= 11 is 1.25. The van der Waals surface area contributed by atoms with Crippen molar-refractivity contribution in [2.45, 2.75) is 33.9 Å². The van der Waals surface area contributed by atoms with Crippen LogP contribution in [0.2, 0.25) is 0 Å². The fourth-order valence-corrected chi connectivity index (χ4v) is 3.76. The van der Waals surface area contributed by atoms with E-state index >= 15 is 0 Å². The van der Waals surface area contributed by atoms with E-state index in [1.165, 1.54) is 38.7 Å². The summed E-state index contributed by atoms with van der Waals surface area (Å²) in [6, 6.07) is 5.72. The SMILES string of the molecule is Cc1cc(F)ccc1NC(=O)Cn1c(=O)n(CC(C)C)c(=O)c2sccc21. The maximum atomic E-state index is 13.2. The Morgan fingerprint density at radius 3 is 2.63 bits per heavy atom. The summed E-state index contributed by atoms with van der Waals surface area (Å²) in [7, 11) is 0. The minimum atomic E-state index is -0.509. The summed E-state index contributed by atoms with van der Waals surface area (Å²) < 4.78 is 16.2. The number of halogens is 1. The fourth-order valence-electron chi connectivity index (χ4n) is 2.91. The molecule has 6 nitrogen and oxygen atoms in total. The number of carbonyl (C=O) groups excluding carboxylic acids is 1. The third kappa shape index (κ3) is 3.85. The van der Waals surface area contributed by atoms with E-state index in [2.05, 4.69) is 5.32 Å². The van der Waals surface area contributed by atoms with E-state index < -0.39 is 11.6 Å². The number of rotatable bonds is 5. The van der Waals surface area contributed by atoms with Crippen molar-refractivity contribution >= 4 is 33.1 Å². The summed E-state index contributed by atoms with van der Waals surface area (Å²) in [6.07, 6.45) is 0. The Labute approximate surface area is 158 Å². The number of amides is 1. The zero-order chi connectivity index (χ0) is 19.7. The lowest BCUT2D eigenvalue weighted by atomic mass is 10.2. The predicted molar refractivity (Wildman–Crippen MR) is 105 cm³/mol. The number of nitrogens with one attached hydrogen (secondary N) is 1. The predicted octanol–water partition coefficient (Wildman–Crippen LogP) is 2.97. The molecule has 1 aromatic carbocycles. The van der Waals surface area contributed by atoms with Crippen molar-refractivity contribution in [1.29, 1.82) is 0 Å². The maximum absolute atomic E-state index is 13.2. The van der Waals surface area contributed by atoms with Crippen LogP contribution in [0.1, 0.15) is 19.4 Å². The Morgan fingerprint density at radius 2 is 1.96 bits per heavy atom. The second-order valence-electron chi connectivity index (χ2n) is 6.82. The molecule has 142 valence electrons. The standard InChI is InChI=1S/C19H20FN3O3S/c1-11(2)9-23-18(25)17-15(6-7-27-17)22(19(23)26)10-16(24)21-14-5-4-13(20)8-12(14)3/h4-8,11H,9-10H2,1-3H3,(H,21,24). The van der Waals surface area contributed by atoms with Crippen LogP contribution < -0.4 is 16.6 Å². The molecule has 2 heterocycles. The molecule has 0 aliphatic rings. The molecule has 0 aliphatic heterocycles. The van der Waals surface area contributed by atoms with Crippen LogP contribution in [0, 0.1) is 18.7 Å². The fraction of sp³-hybridized carbons (Fsp3) is 0.316. The summed E-state index contributed by atoms with van der Waals surface area (Å²) in [5, 5.41) is 4.42. The smallest absolute Gasteiger partial charge is 0.324 e. The number of fused-ring (bicyclic) bond motifs is 1.